The van der Waals surface area contributed by atoms with E-state index in [1.54, 1.807) is 16.9 Å². The maximum Gasteiger partial charge on any atom is 0.298 e. The molecule has 4 N–H and O–H groups in total. The summed E-state index contributed by atoms with van der Waals surface area (Å²) in [5.74, 6) is -0.724. The summed E-state index contributed by atoms with van der Waals surface area (Å²) >= 11 is 0. The van der Waals surface area contributed by atoms with Crippen molar-refractivity contribution in [3.05, 3.63) is 12.2 Å². The summed E-state index contributed by atoms with van der Waals surface area (Å²) in [6.45, 7) is 0. The van der Waals surface area contributed by atoms with Crippen molar-refractivity contribution < 1.29 is 18.4 Å². The first-order valence-electron chi connectivity index (χ1n) is 4.61. The molecule has 8 heteroatoms. The zero-order chi connectivity index (χ0) is 12.2. The molecule has 0 bridgehead atoms. The average molecular weight is 247 g/mol. The summed E-state index contributed by atoms with van der Waals surface area (Å²) in [6.07, 6.45) is 4.53. The molecule has 16 heavy (non-hydrogen) atoms. The second-order valence-corrected chi connectivity index (χ2v) is 4.87. The molecule has 1 unspecified atom stereocenters. The Morgan fingerprint density at radius 2 is 2.38 bits per heavy atom. The van der Waals surface area contributed by atoms with E-state index in [1.807, 2.05) is 0 Å². The molecule has 1 aliphatic carbocycles. The number of nitrogens with one attached hydrogen (secondary N) is 1. The maximum atomic E-state index is 11.2. The fourth-order valence-electron chi connectivity index (χ4n) is 1.54. The summed E-state index contributed by atoms with van der Waals surface area (Å²) in [6, 6.07) is 0. The zero-order valence-electron chi connectivity index (χ0n) is 8.46. The highest BCUT2D eigenvalue weighted by Gasteiger charge is 2.19. The van der Waals surface area contributed by atoms with E-state index in [4.69, 9.17) is 5.21 Å². The van der Waals surface area contributed by atoms with Crippen LogP contribution in [0.4, 0.5) is 0 Å². The molecule has 0 spiro atoms. The summed E-state index contributed by atoms with van der Waals surface area (Å²) < 4.78 is 22.8. The minimum atomic E-state index is -3.99. The number of amides is 1. The van der Waals surface area contributed by atoms with Gasteiger partial charge in [0.15, 0.2) is 0 Å². The fourth-order valence-corrected chi connectivity index (χ4v) is 1.94. The Bertz CT molecular complexity index is 427. The van der Waals surface area contributed by atoms with Crippen LogP contribution < -0.4 is 9.86 Å². The Kier molecular flexibility index (Phi) is 4.02. The highest BCUT2D eigenvalue weighted by Crippen LogP contribution is 2.20. The van der Waals surface area contributed by atoms with Crippen molar-refractivity contribution in [2.24, 2.45) is 16.2 Å². The lowest BCUT2D eigenvalue weighted by Crippen LogP contribution is -2.37. The van der Waals surface area contributed by atoms with Crippen molar-refractivity contribution >= 4 is 21.8 Å². The van der Waals surface area contributed by atoms with Gasteiger partial charge >= 0.3 is 0 Å². The molecule has 90 valence electrons. The number of nitrogens with zero attached hydrogens (tertiary/aromatic N) is 1. The standard InChI is InChI=1S/C8H13N3O4S/c9-16(14,15)11-8(12)5-6-2-1-3-7(4-6)10-13/h1,3,6,13H,2,4-5H2,(H,11,12)(H2,9,14,15). The maximum absolute atomic E-state index is 11.2. The zero-order valence-corrected chi connectivity index (χ0v) is 9.27. The van der Waals surface area contributed by atoms with Gasteiger partial charge < -0.3 is 5.21 Å². The molecule has 1 atom stereocenters. The van der Waals surface area contributed by atoms with Crippen molar-refractivity contribution in [2.45, 2.75) is 19.3 Å². The van der Waals surface area contributed by atoms with Crippen LogP contribution in [0, 0.1) is 5.92 Å². The highest BCUT2D eigenvalue weighted by molar-refractivity contribution is 7.87. The normalized spacial score (nSPS) is 23.3. The van der Waals surface area contributed by atoms with Crippen molar-refractivity contribution in [2.75, 3.05) is 0 Å². The molecule has 0 heterocycles. The minimum Gasteiger partial charge on any atom is -0.411 e. The predicted octanol–water partition coefficient (Wildman–Crippen LogP) is -0.507. The third kappa shape index (κ3) is 4.41. The number of rotatable bonds is 3. The molecule has 0 aromatic rings. The quantitative estimate of drug-likeness (QED) is 0.459. The van der Waals surface area contributed by atoms with Gasteiger partial charge in [-0.25, -0.2) is 9.86 Å². The summed E-state index contributed by atoms with van der Waals surface area (Å²) in [4.78, 5) is 11.2. The van der Waals surface area contributed by atoms with Crippen molar-refractivity contribution in [3.63, 3.8) is 0 Å². The Morgan fingerprint density at radius 1 is 1.69 bits per heavy atom. The molecule has 0 aromatic heterocycles. The molecule has 0 saturated heterocycles. The molecule has 1 amide bonds. The molecular formula is C8H13N3O4S. The van der Waals surface area contributed by atoms with Gasteiger partial charge in [-0.3, -0.25) is 4.79 Å². The van der Waals surface area contributed by atoms with Crippen LogP contribution in [-0.2, 0) is 15.0 Å². The molecular weight excluding hydrogens is 234 g/mol. The predicted molar refractivity (Wildman–Crippen MR) is 57.0 cm³/mol. The molecule has 0 radical (unpaired) electrons. The van der Waals surface area contributed by atoms with Crippen LogP contribution >= 0.6 is 0 Å². The number of hydrogen-bond acceptors (Lipinski definition) is 5. The number of hydrogen-bond donors (Lipinski definition) is 3. The lowest BCUT2D eigenvalue weighted by atomic mass is 9.90. The van der Waals surface area contributed by atoms with E-state index in [0.717, 1.165) is 0 Å². The third-order valence-corrected chi connectivity index (χ3v) is 2.65. The van der Waals surface area contributed by atoms with E-state index >= 15 is 0 Å². The van der Waals surface area contributed by atoms with Crippen LogP contribution in [-0.4, -0.2) is 25.2 Å². The second-order valence-electron chi connectivity index (χ2n) is 3.57. The molecule has 0 saturated carbocycles. The Labute approximate surface area is 93.2 Å². The van der Waals surface area contributed by atoms with E-state index in [-0.39, 0.29) is 12.3 Å². The molecule has 1 aliphatic rings. The first-order chi connectivity index (χ1) is 7.40. The van der Waals surface area contributed by atoms with E-state index in [1.165, 1.54) is 0 Å². The number of oxime groups is 1. The molecule has 0 fully saturated rings. The Balaban J connectivity index is 2.50. The summed E-state index contributed by atoms with van der Waals surface area (Å²) in [5.41, 5.74) is 0.472. The lowest BCUT2D eigenvalue weighted by molar-refractivity contribution is -0.120. The second kappa shape index (κ2) is 5.08. The Morgan fingerprint density at radius 3 is 2.94 bits per heavy atom. The van der Waals surface area contributed by atoms with Gasteiger partial charge in [0.05, 0.1) is 5.71 Å². The summed E-state index contributed by atoms with van der Waals surface area (Å²) in [7, 11) is -3.99. The van der Waals surface area contributed by atoms with Crippen molar-refractivity contribution in [1.82, 2.24) is 4.72 Å². The van der Waals surface area contributed by atoms with Gasteiger partial charge in [0.25, 0.3) is 10.2 Å². The van der Waals surface area contributed by atoms with Gasteiger partial charge in [-0.05, 0) is 24.8 Å². The number of carbonyl (C=O) groups excluding carboxylic acids is 1. The Hall–Kier alpha value is -1.41. The monoisotopic (exact) mass is 247 g/mol. The smallest absolute Gasteiger partial charge is 0.298 e. The van der Waals surface area contributed by atoms with E-state index in [0.29, 0.717) is 18.6 Å². The number of allylic oxidation sites excluding steroid dienone is 2. The fraction of sp³-hybridized carbons (Fsp3) is 0.500. The van der Waals surface area contributed by atoms with Gasteiger partial charge in [0.1, 0.15) is 0 Å². The number of nitrogens with two attached hydrogens (primary N) is 1. The molecule has 7 nitrogen and oxygen atoms in total. The third-order valence-electron chi connectivity index (χ3n) is 2.14. The molecule has 0 aromatic carbocycles. The molecule has 1 rings (SSSR count). The minimum absolute atomic E-state index is 0.0276. The topological polar surface area (TPSA) is 122 Å². The van der Waals surface area contributed by atoms with Crippen LogP contribution in [0.15, 0.2) is 17.3 Å². The van der Waals surface area contributed by atoms with Gasteiger partial charge in [-0.2, -0.15) is 8.42 Å². The van der Waals surface area contributed by atoms with Crippen molar-refractivity contribution in [3.8, 4) is 0 Å². The van der Waals surface area contributed by atoms with Gasteiger partial charge in [0.2, 0.25) is 5.91 Å². The van der Waals surface area contributed by atoms with Crippen LogP contribution in [0.3, 0.4) is 0 Å². The van der Waals surface area contributed by atoms with Gasteiger partial charge in [-0.15, -0.1) is 0 Å². The summed E-state index contributed by atoms with van der Waals surface area (Å²) in [5, 5.41) is 16.2. The van der Waals surface area contributed by atoms with E-state index in [2.05, 4.69) is 10.3 Å². The first kappa shape index (κ1) is 12.7. The van der Waals surface area contributed by atoms with Gasteiger partial charge in [0, 0.05) is 6.42 Å². The van der Waals surface area contributed by atoms with E-state index in [9.17, 15) is 13.2 Å². The van der Waals surface area contributed by atoms with Crippen LogP contribution in [0.2, 0.25) is 0 Å². The SMILES string of the molecule is NS(=O)(=O)NC(=O)CC1CC=CC(=NO)C1. The average Bonchev–Trinajstić information content (AvgIpc) is 2.15. The van der Waals surface area contributed by atoms with Crippen molar-refractivity contribution in [1.29, 1.82) is 0 Å². The van der Waals surface area contributed by atoms with Crippen LogP contribution in [0.25, 0.3) is 0 Å². The first-order valence-corrected chi connectivity index (χ1v) is 6.16. The van der Waals surface area contributed by atoms with E-state index < -0.39 is 16.1 Å². The van der Waals surface area contributed by atoms with Crippen LogP contribution in [0.1, 0.15) is 19.3 Å². The van der Waals surface area contributed by atoms with Crippen LogP contribution in [0.5, 0.6) is 0 Å². The van der Waals surface area contributed by atoms with Gasteiger partial charge in [-0.1, -0.05) is 11.2 Å². The number of carbonyl (C=O) groups is 1. The molecule has 0 aliphatic heterocycles. The lowest BCUT2D eigenvalue weighted by Gasteiger charge is -2.17. The largest absolute Gasteiger partial charge is 0.411 e. The highest BCUT2D eigenvalue weighted by atomic mass is 32.2.